The lowest BCUT2D eigenvalue weighted by atomic mass is 9.99. The van der Waals surface area contributed by atoms with Gasteiger partial charge in [0.2, 0.25) is 5.91 Å². The molecule has 31 heavy (non-hydrogen) atoms. The number of nitrogens with one attached hydrogen (secondary N) is 1. The monoisotopic (exact) mass is 415 g/mol. The minimum Gasteiger partial charge on any atom is -0.363 e. The van der Waals surface area contributed by atoms with Gasteiger partial charge in [0.25, 0.3) is 0 Å². The third-order valence-corrected chi connectivity index (χ3v) is 5.46. The molecule has 2 heterocycles. The fourth-order valence-electron chi connectivity index (χ4n) is 3.64. The van der Waals surface area contributed by atoms with Gasteiger partial charge in [-0.25, -0.2) is 9.97 Å². The molecule has 1 amide bonds. The summed E-state index contributed by atoms with van der Waals surface area (Å²) in [6, 6.07) is 13.9. The zero-order valence-electron chi connectivity index (χ0n) is 18.4. The molecular formula is C25H29N5O. The molecular weight excluding hydrogens is 386 g/mol. The number of pyridine rings is 1. The Hall–Kier alpha value is -3.28. The highest BCUT2D eigenvalue weighted by Gasteiger charge is 2.28. The molecule has 1 aliphatic rings. The van der Waals surface area contributed by atoms with E-state index >= 15 is 0 Å². The first-order chi connectivity index (χ1) is 15.0. The van der Waals surface area contributed by atoms with Crippen molar-refractivity contribution >= 4 is 11.7 Å². The smallest absolute Gasteiger partial charge is 0.224 e. The molecule has 2 aromatic heterocycles. The molecule has 1 aliphatic carbocycles. The summed E-state index contributed by atoms with van der Waals surface area (Å²) in [4.78, 5) is 28.6. The topological polar surface area (TPSA) is 71.0 Å². The summed E-state index contributed by atoms with van der Waals surface area (Å²) < 4.78 is 0. The van der Waals surface area contributed by atoms with Crippen molar-refractivity contribution in [2.75, 3.05) is 19.0 Å². The number of hydrogen-bond donors (Lipinski definition) is 1. The van der Waals surface area contributed by atoms with Crippen molar-refractivity contribution in [3.63, 3.8) is 0 Å². The molecule has 4 rings (SSSR count). The first-order valence-corrected chi connectivity index (χ1v) is 10.8. The SMILES string of the molecule is Cc1cccc([C@@H](Cc2cc(N(C)C)nc(C3CC3)n2)NC(=O)Cc2cccnc2)c1. The van der Waals surface area contributed by atoms with Crippen LogP contribution in [0.1, 0.15) is 53.0 Å². The van der Waals surface area contributed by atoms with Gasteiger partial charge in [-0.2, -0.15) is 0 Å². The Labute approximate surface area is 183 Å². The Morgan fingerprint density at radius 2 is 2.00 bits per heavy atom. The fourth-order valence-corrected chi connectivity index (χ4v) is 3.64. The van der Waals surface area contributed by atoms with Gasteiger partial charge < -0.3 is 10.2 Å². The quantitative estimate of drug-likeness (QED) is 0.606. The summed E-state index contributed by atoms with van der Waals surface area (Å²) in [6.45, 7) is 2.07. The van der Waals surface area contributed by atoms with Crippen LogP contribution in [0.25, 0.3) is 0 Å². The molecule has 0 unspecified atom stereocenters. The van der Waals surface area contributed by atoms with E-state index in [1.54, 1.807) is 12.4 Å². The van der Waals surface area contributed by atoms with Crippen LogP contribution in [-0.2, 0) is 17.6 Å². The average Bonchev–Trinajstić information content (AvgIpc) is 3.59. The summed E-state index contributed by atoms with van der Waals surface area (Å²) >= 11 is 0. The van der Waals surface area contributed by atoms with Crippen molar-refractivity contribution in [2.24, 2.45) is 0 Å². The Morgan fingerprint density at radius 1 is 1.16 bits per heavy atom. The Morgan fingerprint density at radius 3 is 2.68 bits per heavy atom. The van der Waals surface area contributed by atoms with Crippen molar-refractivity contribution in [1.82, 2.24) is 20.3 Å². The molecule has 6 nitrogen and oxygen atoms in total. The maximum atomic E-state index is 12.9. The maximum Gasteiger partial charge on any atom is 0.224 e. The van der Waals surface area contributed by atoms with Crippen molar-refractivity contribution in [3.8, 4) is 0 Å². The second kappa shape index (κ2) is 9.25. The van der Waals surface area contributed by atoms with Crippen LogP contribution >= 0.6 is 0 Å². The maximum absolute atomic E-state index is 12.9. The normalized spacial score (nSPS) is 14.2. The standard InChI is InChI=1S/C25H29N5O/c1-17-6-4-8-20(12-17)22(28-24(31)13-18-7-5-11-26-16-18)14-21-15-23(30(2)3)29-25(27-21)19-9-10-19/h4-8,11-12,15-16,19,22H,9-10,13-14H2,1-3H3,(H,28,31)/t22-/m1/s1. The molecule has 1 N–H and O–H groups in total. The largest absolute Gasteiger partial charge is 0.363 e. The highest BCUT2D eigenvalue weighted by atomic mass is 16.1. The number of nitrogens with zero attached hydrogens (tertiary/aromatic N) is 4. The average molecular weight is 416 g/mol. The zero-order valence-corrected chi connectivity index (χ0v) is 18.4. The van der Waals surface area contributed by atoms with Gasteiger partial charge in [0.05, 0.1) is 12.5 Å². The predicted octanol–water partition coefficient (Wildman–Crippen LogP) is 3.77. The molecule has 1 saturated carbocycles. The van der Waals surface area contributed by atoms with Crippen LogP contribution in [0.15, 0.2) is 54.9 Å². The highest BCUT2D eigenvalue weighted by Crippen LogP contribution is 2.38. The Kier molecular flexibility index (Phi) is 6.26. The molecule has 0 saturated heterocycles. The Balaban J connectivity index is 1.59. The third-order valence-electron chi connectivity index (χ3n) is 5.46. The minimum atomic E-state index is -0.166. The number of anilines is 1. The molecule has 0 bridgehead atoms. The number of aryl methyl sites for hydroxylation is 1. The van der Waals surface area contributed by atoms with Crippen LogP contribution in [0, 0.1) is 6.92 Å². The molecule has 160 valence electrons. The summed E-state index contributed by atoms with van der Waals surface area (Å²) in [6.07, 6.45) is 6.67. The number of rotatable bonds is 8. The van der Waals surface area contributed by atoms with E-state index in [2.05, 4.69) is 35.4 Å². The first-order valence-electron chi connectivity index (χ1n) is 10.8. The van der Waals surface area contributed by atoms with Gasteiger partial charge in [0, 0.05) is 50.6 Å². The van der Waals surface area contributed by atoms with E-state index in [1.807, 2.05) is 43.3 Å². The number of carbonyl (C=O) groups is 1. The predicted molar refractivity (Wildman–Crippen MR) is 122 cm³/mol. The molecule has 3 aromatic rings. The van der Waals surface area contributed by atoms with Crippen LogP contribution in [0.5, 0.6) is 0 Å². The van der Waals surface area contributed by atoms with E-state index in [-0.39, 0.29) is 11.9 Å². The van der Waals surface area contributed by atoms with Crippen molar-refractivity contribution in [2.45, 2.75) is 44.6 Å². The van der Waals surface area contributed by atoms with Crippen LogP contribution in [0.3, 0.4) is 0 Å². The van der Waals surface area contributed by atoms with Gasteiger partial charge in [0.1, 0.15) is 11.6 Å². The molecule has 0 radical (unpaired) electrons. The van der Waals surface area contributed by atoms with E-state index in [9.17, 15) is 4.79 Å². The van der Waals surface area contributed by atoms with Gasteiger partial charge in [-0.05, 0) is 37.0 Å². The lowest BCUT2D eigenvalue weighted by Gasteiger charge is -2.21. The van der Waals surface area contributed by atoms with Gasteiger partial charge in [-0.15, -0.1) is 0 Å². The number of benzene rings is 1. The lowest BCUT2D eigenvalue weighted by molar-refractivity contribution is -0.121. The summed E-state index contributed by atoms with van der Waals surface area (Å²) in [5.41, 5.74) is 4.10. The fraction of sp³-hybridized carbons (Fsp3) is 0.360. The second-order valence-corrected chi connectivity index (χ2v) is 8.52. The number of carbonyl (C=O) groups excluding carboxylic acids is 1. The molecule has 6 heteroatoms. The third kappa shape index (κ3) is 5.66. The molecule has 1 atom stereocenters. The number of aromatic nitrogens is 3. The zero-order chi connectivity index (χ0) is 21.8. The first kappa shape index (κ1) is 21.0. The van der Waals surface area contributed by atoms with Crippen LogP contribution in [-0.4, -0.2) is 35.0 Å². The van der Waals surface area contributed by atoms with E-state index in [0.717, 1.165) is 41.3 Å². The second-order valence-electron chi connectivity index (χ2n) is 8.52. The highest BCUT2D eigenvalue weighted by molar-refractivity contribution is 5.79. The minimum absolute atomic E-state index is 0.0242. The van der Waals surface area contributed by atoms with E-state index < -0.39 is 0 Å². The number of hydrogen-bond acceptors (Lipinski definition) is 5. The van der Waals surface area contributed by atoms with Gasteiger partial charge >= 0.3 is 0 Å². The molecule has 1 fully saturated rings. The summed E-state index contributed by atoms with van der Waals surface area (Å²) in [7, 11) is 3.99. The van der Waals surface area contributed by atoms with E-state index in [0.29, 0.717) is 18.8 Å². The van der Waals surface area contributed by atoms with Gasteiger partial charge in [-0.3, -0.25) is 9.78 Å². The lowest BCUT2D eigenvalue weighted by Crippen LogP contribution is -2.31. The van der Waals surface area contributed by atoms with Crippen molar-refractivity contribution in [1.29, 1.82) is 0 Å². The van der Waals surface area contributed by atoms with Crippen LogP contribution in [0.2, 0.25) is 0 Å². The van der Waals surface area contributed by atoms with Crippen LogP contribution in [0.4, 0.5) is 5.82 Å². The molecule has 1 aromatic carbocycles. The molecule has 0 aliphatic heterocycles. The Bertz CT molecular complexity index is 1030. The molecule has 0 spiro atoms. The van der Waals surface area contributed by atoms with Crippen molar-refractivity contribution in [3.05, 3.63) is 83.1 Å². The summed E-state index contributed by atoms with van der Waals surface area (Å²) in [5, 5.41) is 3.23. The van der Waals surface area contributed by atoms with E-state index in [1.165, 1.54) is 5.56 Å². The number of amides is 1. The van der Waals surface area contributed by atoms with Crippen LogP contribution < -0.4 is 10.2 Å². The van der Waals surface area contributed by atoms with Crippen molar-refractivity contribution < 1.29 is 4.79 Å². The van der Waals surface area contributed by atoms with Gasteiger partial charge in [0.15, 0.2) is 0 Å². The summed E-state index contributed by atoms with van der Waals surface area (Å²) in [5.74, 6) is 2.28. The van der Waals surface area contributed by atoms with E-state index in [4.69, 9.17) is 9.97 Å². The van der Waals surface area contributed by atoms with Gasteiger partial charge in [-0.1, -0.05) is 35.9 Å².